The zero-order valence-corrected chi connectivity index (χ0v) is 13.6. The van der Waals surface area contributed by atoms with E-state index >= 15 is 0 Å². The minimum Gasteiger partial charge on any atom is -0.507 e. The molecule has 3 heteroatoms. The number of fused-ring (bicyclic) bond motifs is 1. The minimum atomic E-state index is -0.535. The van der Waals surface area contributed by atoms with Crippen molar-refractivity contribution in [1.29, 1.82) is 0 Å². The van der Waals surface area contributed by atoms with E-state index < -0.39 is 5.41 Å². The van der Waals surface area contributed by atoms with E-state index in [1.54, 1.807) is 12.1 Å². The van der Waals surface area contributed by atoms with Crippen molar-refractivity contribution in [2.24, 2.45) is 5.41 Å². The SMILES string of the molecule is C=C1CCC=C2C=C(c3c(O)cccc3P)C(=O)C3(C)C1=C23. The van der Waals surface area contributed by atoms with Crippen LogP contribution in [0.15, 0.2) is 59.2 Å². The van der Waals surface area contributed by atoms with Crippen LogP contribution in [0.1, 0.15) is 25.3 Å². The van der Waals surface area contributed by atoms with Gasteiger partial charge in [0.25, 0.3) is 0 Å². The summed E-state index contributed by atoms with van der Waals surface area (Å²) in [4.78, 5) is 13.1. The van der Waals surface area contributed by atoms with Crippen LogP contribution in [0.3, 0.4) is 0 Å². The molecule has 3 aliphatic rings. The van der Waals surface area contributed by atoms with Crippen molar-refractivity contribution in [3.05, 3.63) is 64.8 Å². The number of aromatic hydroxyl groups is 1. The summed E-state index contributed by atoms with van der Waals surface area (Å²) in [5, 5.41) is 11.1. The monoisotopic (exact) mass is 308 g/mol. The fourth-order valence-electron chi connectivity index (χ4n) is 3.85. The molecule has 0 bridgehead atoms. The first kappa shape index (κ1) is 13.7. The number of ketones is 1. The second-order valence-electron chi connectivity index (χ2n) is 6.31. The Bertz CT molecular complexity index is 834. The van der Waals surface area contributed by atoms with E-state index in [4.69, 9.17) is 0 Å². The smallest absolute Gasteiger partial charge is 0.178 e. The molecule has 110 valence electrons. The number of carbonyl (C=O) groups is 1. The van der Waals surface area contributed by atoms with Crippen molar-refractivity contribution in [1.82, 2.24) is 0 Å². The molecule has 1 aromatic rings. The first-order chi connectivity index (χ1) is 10.5. The fourth-order valence-corrected chi connectivity index (χ4v) is 4.27. The van der Waals surface area contributed by atoms with Gasteiger partial charge in [-0.1, -0.05) is 24.8 Å². The Balaban J connectivity index is 1.93. The van der Waals surface area contributed by atoms with E-state index in [9.17, 15) is 9.90 Å². The second kappa shape index (κ2) is 4.30. The summed E-state index contributed by atoms with van der Waals surface area (Å²) in [6.07, 6.45) is 5.99. The van der Waals surface area contributed by atoms with Crippen molar-refractivity contribution in [3.8, 4) is 5.75 Å². The molecule has 0 aromatic heterocycles. The number of carbonyl (C=O) groups excluding carboxylic acids is 1. The molecule has 0 spiro atoms. The van der Waals surface area contributed by atoms with Gasteiger partial charge in [-0.2, -0.15) is 0 Å². The summed E-state index contributed by atoms with van der Waals surface area (Å²) in [7, 11) is 2.61. The zero-order chi connectivity index (χ0) is 15.6. The van der Waals surface area contributed by atoms with Crippen LogP contribution < -0.4 is 5.30 Å². The first-order valence-corrected chi connectivity index (χ1v) is 8.02. The lowest BCUT2D eigenvalue weighted by molar-refractivity contribution is -0.117. The standard InChI is InChI=1S/C19H17O2P/c1-10-5-3-6-11-9-12(15-13(20)7-4-8-14(15)22)18(21)19(2)16(10)17(11)19/h4,6-9,20H,1,3,5,22H2,2H3. The van der Waals surface area contributed by atoms with Crippen LogP contribution in [0, 0.1) is 5.41 Å². The maximum atomic E-state index is 13.1. The highest BCUT2D eigenvalue weighted by Gasteiger charge is 2.59. The van der Waals surface area contributed by atoms with Crippen LogP contribution in [0.25, 0.3) is 5.57 Å². The number of hydrogen-bond donors (Lipinski definition) is 1. The topological polar surface area (TPSA) is 37.3 Å². The average Bonchev–Trinajstić information content (AvgIpc) is 3.14. The number of rotatable bonds is 1. The molecular weight excluding hydrogens is 291 g/mol. The number of hydrogen-bond acceptors (Lipinski definition) is 2. The summed E-state index contributed by atoms with van der Waals surface area (Å²) < 4.78 is 0. The molecule has 0 heterocycles. The van der Waals surface area contributed by atoms with E-state index in [-0.39, 0.29) is 11.5 Å². The third-order valence-corrected chi connectivity index (χ3v) is 5.46. The van der Waals surface area contributed by atoms with Crippen molar-refractivity contribution in [3.63, 3.8) is 0 Å². The summed E-state index contributed by atoms with van der Waals surface area (Å²) in [5.74, 6) is 0.222. The third kappa shape index (κ3) is 1.56. The van der Waals surface area contributed by atoms with Crippen molar-refractivity contribution in [2.75, 3.05) is 0 Å². The van der Waals surface area contributed by atoms with Gasteiger partial charge in [-0.15, -0.1) is 9.24 Å². The van der Waals surface area contributed by atoms with Gasteiger partial charge < -0.3 is 5.11 Å². The van der Waals surface area contributed by atoms with Crippen LogP contribution in [0.2, 0.25) is 0 Å². The van der Waals surface area contributed by atoms with E-state index in [1.165, 1.54) is 0 Å². The molecule has 1 N–H and O–H groups in total. The van der Waals surface area contributed by atoms with Gasteiger partial charge >= 0.3 is 0 Å². The molecule has 22 heavy (non-hydrogen) atoms. The van der Waals surface area contributed by atoms with Gasteiger partial charge in [-0.05, 0) is 59.5 Å². The molecule has 0 fully saturated rings. The minimum absolute atomic E-state index is 0.0721. The summed E-state index contributed by atoms with van der Waals surface area (Å²) >= 11 is 0. The van der Waals surface area contributed by atoms with Gasteiger partial charge in [-0.25, -0.2) is 0 Å². The molecule has 2 unspecified atom stereocenters. The molecule has 3 aliphatic carbocycles. The fraction of sp³-hybridized carbons (Fsp3) is 0.211. The highest BCUT2D eigenvalue weighted by atomic mass is 31.0. The van der Waals surface area contributed by atoms with Crippen molar-refractivity contribution >= 4 is 25.9 Å². The predicted molar refractivity (Wildman–Crippen MR) is 92.0 cm³/mol. The Morgan fingerprint density at radius 1 is 1.32 bits per heavy atom. The number of phenols is 1. The van der Waals surface area contributed by atoms with Crippen LogP contribution in [0.5, 0.6) is 5.75 Å². The van der Waals surface area contributed by atoms with E-state index in [0.717, 1.165) is 40.4 Å². The maximum absolute atomic E-state index is 13.1. The lowest BCUT2D eigenvalue weighted by Gasteiger charge is -2.24. The molecule has 4 rings (SSSR count). The van der Waals surface area contributed by atoms with E-state index in [0.29, 0.717) is 11.1 Å². The number of Topliss-reactive ketones (excluding diaryl/α,β-unsaturated/α-hetero) is 1. The molecule has 0 saturated heterocycles. The van der Waals surface area contributed by atoms with Crippen molar-refractivity contribution < 1.29 is 9.90 Å². The molecule has 0 amide bonds. The van der Waals surface area contributed by atoms with Crippen LogP contribution in [0.4, 0.5) is 0 Å². The van der Waals surface area contributed by atoms with Gasteiger partial charge in [0.1, 0.15) is 5.75 Å². The summed E-state index contributed by atoms with van der Waals surface area (Å²) in [5.41, 5.74) is 5.16. The van der Waals surface area contributed by atoms with Crippen LogP contribution >= 0.6 is 9.24 Å². The summed E-state index contributed by atoms with van der Waals surface area (Å²) in [6.45, 7) is 6.14. The predicted octanol–water partition coefficient (Wildman–Crippen LogP) is 3.45. The molecular formula is C19H17O2P. The van der Waals surface area contributed by atoms with E-state index in [2.05, 4.69) is 21.9 Å². The van der Waals surface area contributed by atoms with Gasteiger partial charge in [-0.3, -0.25) is 4.79 Å². The van der Waals surface area contributed by atoms with Crippen LogP contribution in [-0.2, 0) is 4.79 Å². The Kier molecular flexibility index (Phi) is 2.68. The number of phenolic OH excluding ortho intramolecular Hbond substituents is 1. The third-order valence-electron chi connectivity index (χ3n) is 4.98. The highest BCUT2D eigenvalue weighted by Crippen LogP contribution is 2.65. The summed E-state index contributed by atoms with van der Waals surface area (Å²) in [6, 6.07) is 5.30. The maximum Gasteiger partial charge on any atom is 0.178 e. The van der Waals surface area contributed by atoms with Gasteiger partial charge in [0.2, 0.25) is 0 Å². The normalized spacial score (nSPS) is 26.3. The first-order valence-electron chi connectivity index (χ1n) is 7.44. The van der Waals surface area contributed by atoms with Crippen molar-refractivity contribution in [2.45, 2.75) is 19.8 Å². The Morgan fingerprint density at radius 2 is 2.09 bits per heavy atom. The number of allylic oxidation sites excluding steroid dienone is 7. The van der Waals surface area contributed by atoms with E-state index in [1.807, 2.05) is 19.1 Å². The average molecular weight is 308 g/mol. The Morgan fingerprint density at radius 3 is 2.82 bits per heavy atom. The molecule has 0 saturated carbocycles. The highest BCUT2D eigenvalue weighted by molar-refractivity contribution is 7.27. The lowest BCUT2D eigenvalue weighted by atomic mass is 9.78. The molecule has 2 nitrogen and oxygen atoms in total. The zero-order valence-electron chi connectivity index (χ0n) is 12.4. The molecule has 1 aromatic carbocycles. The van der Waals surface area contributed by atoms with Gasteiger partial charge in [0, 0.05) is 11.1 Å². The van der Waals surface area contributed by atoms with Gasteiger partial charge in [0.15, 0.2) is 5.78 Å². The number of benzene rings is 1. The molecule has 0 aliphatic heterocycles. The Hall–Kier alpha value is -1.92. The second-order valence-corrected chi connectivity index (χ2v) is 6.93. The van der Waals surface area contributed by atoms with Crippen LogP contribution in [-0.4, -0.2) is 10.9 Å². The lowest BCUT2D eigenvalue weighted by Crippen LogP contribution is -2.25. The van der Waals surface area contributed by atoms with Gasteiger partial charge in [0.05, 0.1) is 5.41 Å². The largest absolute Gasteiger partial charge is 0.507 e. The molecule has 0 radical (unpaired) electrons. The Labute approximate surface area is 132 Å². The molecule has 2 atom stereocenters. The quantitative estimate of drug-likeness (QED) is 0.807.